The van der Waals surface area contributed by atoms with Gasteiger partial charge in [0.05, 0.1) is 0 Å². The number of rotatable bonds is 8. The molecular formula is C20H30F2Si. The van der Waals surface area contributed by atoms with Crippen LogP contribution in [0.3, 0.4) is 0 Å². The molecule has 128 valence electrons. The largest absolute Gasteiger partial charge is 0.270 e. The Morgan fingerprint density at radius 3 is 2.43 bits per heavy atom. The molecular weight excluding hydrogens is 306 g/mol. The zero-order valence-electron chi connectivity index (χ0n) is 14.4. The Bertz CT molecular complexity index is 469. The van der Waals surface area contributed by atoms with Crippen LogP contribution in [0.1, 0.15) is 56.6 Å². The monoisotopic (exact) mass is 336 g/mol. The van der Waals surface area contributed by atoms with Crippen LogP contribution in [0, 0.1) is 5.92 Å². The molecule has 1 fully saturated rings. The van der Waals surface area contributed by atoms with Crippen LogP contribution >= 0.6 is 0 Å². The van der Waals surface area contributed by atoms with Crippen molar-refractivity contribution in [2.75, 3.05) is 0 Å². The van der Waals surface area contributed by atoms with E-state index in [0.29, 0.717) is 5.56 Å². The molecule has 1 aliphatic rings. The number of benzene rings is 1. The summed E-state index contributed by atoms with van der Waals surface area (Å²) < 4.78 is 24.4. The molecule has 0 aromatic heterocycles. The zero-order chi connectivity index (χ0) is 16.5. The maximum absolute atomic E-state index is 12.2. The molecule has 0 N–H and O–H groups in total. The number of hydrogen-bond acceptors (Lipinski definition) is 0. The van der Waals surface area contributed by atoms with Crippen LogP contribution < -0.4 is 0 Å². The van der Waals surface area contributed by atoms with Crippen LogP contribution in [0.5, 0.6) is 0 Å². The summed E-state index contributed by atoms with van der Waals surface area (Å²) in [6.45, 7) is 2.29. The first-order valence-electron chi connectivity index (χ1n) is 9.29. The Kier molecular flexibility index (Phi) is 8.00. The van der Waals surface area contributed by atoms with Crippen LogP contribution in [0.25, 0.3) is 6.08 Å². The molecule has 0 atom stereocenters. The van der Waals surface area contributed by atoms with E-state index in [9.17, 15) is 8.78 Å². The summed E-state index contributed by atoms with van der Waals surface area (Å²) in [6.07, 6.45) is 8.77. The topological polar surface area (TPSA) is 0 Å². The molecule has 0 bridgehead atoms. The van der Waals surface area contributed by atoms with Crippen LogP contribution in [0.2, 0.25) is 18.1 Å². The lowest BCUT2D eigenvalue weighted by molar-refractivity contribution is 0.429. The molecule has 0 radical (unpaired) electrons. The van der Waals surface area contributed by atoms with Gasteiger partial charge in [-0.15, -0.1) is 0 Å². The van der Waals surface area contributed by atoms with E-state index in [1.807, 2.05) is 12.1 Å². The predicted molar refractivity (Wildman–Crippen MR) is 98.8 cm³/mol. The van der Waals surface area contributed by atoms with Gasteiger partial charge in [0, 0.05) is 14.9 Å². The smallest absolute Gasteiger partial charge is 0.173 e. The molecule has 0 amide bonds. The molecule has 1 aliphatic heterocycles. The fraction of sp³-hybridized carbons (Fsp3) is 0.600. The minimum atomic E-state index is -1.63. The summed E-state index contributed by atoms with van der Waals surface area (Å²) in [6, 6.07) is 12.3. The van der Waals surface area contributed by atoms with E-state index in [4.69, 9.17) is 0 Å². The summed E-state index contributed by atoms with van der Waals surface area (Å²) in [4.78, 5) is 0. The summed E-state index contributed by atoms with van der Waals surface area (Å²) >= 11 is 0. The van der Waals surface area contributed by atoms with Crippen molar-refractivity contribution < 1.29 is 8.78 Å². The first-order chi connectivity index (χ1) is 11.2. The van der Waals surface area contributed by atoms with Crippen molar-refractivity contribution in [1.82, 2.24) is 0 Å². The van der Waals surface area contributed by atoms with Crippen LogP contribution in [-0.2, 0) is 6.42 Å². The molecule has 0 aliphatic carbocycles. The van der Waals surface area contributed by atoms with E-state index in [2.05, 4.69) is 6.92 Å². The van der Waals surface area contributed by atoms with Crippen molar-refractivity contribution in [3.05, 3.63) is 41.5 Å². The van der Waals surface area contributed by atoms with E-state index in [1.165, 1.54) is 44.1 Å². The van der Waals surface area contributed by atoms with Crippen molar-refractivity contribution >= 4 is 14.9 Å². The Hall–Kier alpha value is -0.963. The van der Waals surface area contributed by atoms with Crippen molar-refractivity contribution in [3.63, 3.8) is 0 Å². The molecule has 1 saturated heterocycles. The number of halogens is 2. The Balaban J connectivity index is 1.68. The maximum atomic E-state index is 12.2. The van der Waals surface area contributed by atoms with Crippen LogP contribution in [0.15, 0.2) is 30.3 Å². The molecule has 0 saturated carbocycles. The molecule has 3 heteroatoms. The molecule has 1 aromatic carbocycles. The van der Waals surface area contributed by atoms with Gasteiger partial charge in [-0.1, -0.05) is 81.4 Å². The maximum Gasteiger partial charge on any atom is 0.270 e. The van der Waals surface area contributed by atoms with Gasteiger partial charge in [-0.3, -0.25) is 0 Å². The van der Waals surface area contributed by atoms with E-state index in [0.717, 1.165) is 18.4 Å². The predicted octanol–water partition coefficient (Wildman–Crippen LogP) is 6.68. The van der Waals surface area contributed by atoms with Gasteiger partial charge in [0.1, 0.15) is 0 Å². The second-order valence-corrected chi connectivity index (χ2v) is 10.6. The quantitative estimate of drug-likeness (QED) is 0.367. The standard InChI is InChI=1S/C20H30F2Si/c1-2-3-4-13-23-14-11-18(12-15-23)6-5-17-7-9-19(10-8-17)16-20(21)22/h7-10,16,18,23H,2-6,11-15H2,1H3/t18-,23-. The van der Waals surface area contributed by atoms with E-state index >= 15 is 0 Å². The second-order valence-electron chi connectivity index (χ2n) is 7.10. The highest BCUT2D eigenvalue weighted by Gasteiger charge is 2.21. The van der Waals surface area contributed by atoms with Gasteiger partial charge in [0.2, 0.25) is 0 Å². The lowest BCUT2D eigenvalue weighted by Gasteiger charge is -2.27. The fourth-order valence-corrected chi connectivity index (χ4v) is 7.39. The first kappa shape index (κ1) is 18.4. The SMILES string of the molecule is CCCCC[Si@H]1CC[C@H](CCc2ccc(C=C(F)F)cc2)CC1. The highest BCUT2D eigenvalue weighted by Crippen LogP contribution is 2.31. The minimum Gasteiger partial charge on any atom is -0.173 e. The highest BCUT2D eigenvalue weighted by atomic mass is 28.3. The van der Waals surface area contributed by atoms with Gasteiger partial charge >= 0.3 is 0 Å². The fourth-order valence-electron chi connectivity index (χ4n) is 3.77. The molecule has 0 nitrogen and oxygen atoms in total. The highest BCUT2D eigenvalue weighted by molar-refractivity contribution is 6.58. The average molecular weight is 337 g/mol. The molecule has 0 spiro atoms. The van der Waals surface area contributed by atoms with Gasteiger partial charge in [-0.05, 0) is 29.9 Å². The van der Waals surface area contributed by atoms with Crippen molar-refractivity contribution in [2.24, 2.45) is 5.92 Å². The van der Waals surface area contributed by atoms with Crippen molar-refractivity contribution in [3.8, 4) is 0 Å². The van der Waals surface area contributed by atoms with Gasteiger partial charge in [0.15, 0.2) is 0 Å². The molecule has 1 heterocycles. The molecule has 1 aromatic rings. The third kappa shape index (κ3) is 6.99. The van der Waals surface area contributed by atoms with E-state index in [-0.39, 0.29) is 0 Å². The van der Waals surface area contributed by atoms with Crippen molar-refractivity contribution in [2.45, 2.75) is 70.0 Å². The lowest BCUT2D eigenvalue weighted by Crippen LogP contribution is -2.21. The Morgan fingerprint density at radius 1 is 1.13 bits per heavy atom. The second kappa shape index (κ2) is 10.0. The van der Waals surface area contributed by atoms with Crippen LogP contribution in [0.4, 0.5) is 8.78 Å². The number of unbranched alkanes of at least 4 members (excludes halogenated alkanes) is 2. The number of aryl methyl sites for hydroxylation is 1. The lowest BCUT2D eigenvalue weighted by atomic mass is 9.94. The van der Waals surface area contributed by atoms with Gasteiger partial charge in [-0.25, -0.2) is 0 Å². The average Bonchev–Trinajstić information content (AvgIpc) is 2.55. The van der Waals surface area contributed by atoms with Crippen LogP contribution in [-0.4, -0.2) is 8.80 Å². The van der Waals surface area contributed by atoms with E-state index in [1.54, 1.807) is 30.3 Å². The van der Waals surface area contributed by atoms with Gasteiger partial charge in [0.25, 0.3) is 6.08 Å². The van der Waals surface area contributed by atoms with E-state index < -0.39 is 14.9 Å². The third-order valence-corrected chi connectivity index (χ3v) is 8.80. The number of hydrogen-bond donors (Lipinski definition) is 0. The first-order valence-corrected chi connectivity index (χ1v) is 11.7. The molecule has 0 unspecified atom stereocenters. The summed E-state index contributed by atoms with van der Waals surface area (Å²) in [7, 11) is -0.393. The Morgan fingerprint density at radius 2 is 1.83 bits per heavy atom. The molecule has 2 rings (SSSR count). The Labute approximate surface area is 141 Å². The summed E-state index contributed by atoms with van der Waals surface area (Å²) in [5, 5.41) is 0. The van der Waals surface area contributed by atoms with Gasteiger partial charge < -0.3 is 0 Å². The summed E-state index contributed by atoms with van der Waals surface area (Å²) in [5.41, 5.74) is 1.87. The minimum absolute atomic E-state index is 0.393. The molecule has 23 heavy (non-hydrogen) atoms. The normalized spacial score (nSPS) is 21.2. The summed E-state index contributed by atoms with van der Waals surface area (Å²) in [5.74, 6) is 0.896. The zero-order valence-corrected chi connectivity index (χ0v) is 15.5. The van der Waals surface area contributed by atoms with Gasteiger partial charge in [-0.2, -0.15) is 8.78 Å². The third-order valence-electron chi connectivity index (χ3n) is 5.28. The van der Waals surface area contributed by atoms with Crippen molar-refractivity contribution in [1.29, 1.82) is 0 Å².